The Balaban J connectivity index is 2.47. The fourth-order valence-corrected chi connectivity index (χ4v) is 1.18. The summed E-state index contributed by atoms with van der Waals surface area (Å²) in [5, 5.41) is 19.4. The molecule has 1 heterocycles. The first-order valence-corrected chi connectivity index (χ1v) is 3.57. The van der Waals surface area contributed by atoms with Crippen molar-refractivity contribution in [2.45, 2.75) is 0 Å². The average molecular weight is 181 g/mol. The van der Waals surface area contributed by atoms with E-state index < -0.39 is 6.09 Å². The van der Waals surface area contributed by atoms with Crippen LogP contribution in [0.15, 0.2) is 24.3 Å². The lowest BCUT2D eigenvalue weighted by atomic mass is 10.3. The van der Waals surface area contributed by atoms with Crippen LogP contribution < -0.4 is 15.7 Å². The van der Waals surface area contributed by atoms with Gasteiger partial charge in [0.25, 0.3) is 0 Å². The van der Waals surface area contributed by atoms with E-state index in [0.29, 0.717) is 16.5 Å². The van der Waals surface area contributed by atoms with Gasteiger partial charge in [-0.2, -0.15) is 10.2 Å². The molecule has 0 saturated carbocycles. The summed E-state index contributed by atoms with van der Waals surface area (Å²) in [6.45, 7) is 0. The second kappa shape index (κ2) is 2.61. The molecule has 1 aliphatic heterocycles. The maximum atomic E-state index is 10.6. The number of nitrogens with zero attached hydrogens (tertiary/aromatic N) is 2. The van der Waals surface area contributed by atoms with Crippen molar-refractivity contribution in [1.82, 2.24) is 5.53 Å². The molecule has 0 aliphatic carbocycles. The predicted molar refractivity (Wildman–Crippen MR) is 44.3 cm³/mol. The van der Waals surface area contributed by atoms with Gasteiger partial charge in [-0.05, 0) is 12.1 Å². The Bertz CT molecular complexity index is 355. The number of carbonyl (C=O) groups is 1. The van der Waals surface area contributed by atoms with Gasteiger partial charge in [-0.15, -0.1) is 5.53 Å². The van der Waals surface area contributed by atoms with E-state index in [1.807, 2.05) is 0 Å². The van der Waals surface area contributed by atoms with E-state index in [0.717, 1.165) is 5.01 Å². The van der Waals surface area contributed by atoms with Gasteiger partial charge < -0.3 is 5.11 Å². The van der Waals surface area contributed by atoms with Gasteiger partial charge >= 0.3 is 6.09 Å². The van der Waals surface area contributed by atoms with Crippen LogP contribution in [0.25, 0.3) is 0 Å². The van der Waals surface area contributed by atoms with Crippen LogP contribution in [-0.4, -0.2) is 16.4 Å². The topological polar surface area (TPSA) is 76.0 Å². The summed E-state index contributed by atoms with van der Waals surface area (Å²) in [4.78, 5) is 10.6. The van der Waals surface area contributed by atoms with E-state index in [9.17, 15) is 10.0 Å². The molecule has 0 bridgehead atoms. The summed E-state index contributed by atoms with van der Waals surface area (Å²) < 4.78 is 0. The predicted octanol–water partition coefficient (Wildman–Crippen LogP) is 0.800. The molecule has 13 heavy (non-hydrogen) atoms. The highest BCUT2D eigenvalue weighted by Crippen LogP contribution is 2.31. The Hall–Kier alpha value is -1.79. The summed E-state index contributed by atoms with van der Waals surface area (Å²) in [6.07, 6.45) is -1.18. The van der Waals surface area contributed by atoms with Gasteiger partial charge in [0.2, 0.25) is 0 Å². The lowest BCUT2D eigenvalue weighted by Crippen LogP contribution is -2.45. The molecule has 0 unspecified atom stereocenters. The van der Waals surface area contributed by atoms with Crippen molar-refractivity contribution in [3.8, 4) is 0 Å². The second-order valence-corrected chi connectivity index (χ2v) is 2.52. The lowest BCUT2D eigenvalue weighted by molar-refractivity contribution is 0.183. The minimum atomic E-state index is -1.18. The molecule has 0 fully saturated rings. The fourth-order valence-electron chi connectivity index (χ4n) is 1.18. The zero-order valence-corrected chi connectivity index (χ0v) is 6.51. The number of anilines is 2. The quantitative estimate of drug-likeness (QED) is 0.552. The maximum Gasteiger partial charge on any atom is 0.428 e. The Labute approximate surface area is 73.5 Å². The van der Waals surface area contributed by atoms with Crippen LogP contribution in [0, 0.1) is 0 Å². The number of hydrazine groups is 2. The Morgan fingerprint density at radius 2 is 1.92 bits per heavy atom. The molecule has 1 aromatic carbocycles. The van der Waals surface area contributed by atoms with E-state index in [1.54, 1.807) is 24.3 Å². The number of para-hydroxylation sites is 2. The normalized spacial score (nSPS) is 14.5. The summed E-state index contributed by atoms with van der Waals surface area (Å²) in [5.41, 5.74) is 3.05. The molecule has 0 radical (unpaired) electrons. The molecule has 0 aromatic heterocycles. The zero-order valence-electron chi connectivity index (χ0n) is 6.51. The van der Waals surface area contributed by atoms with Crippen LogP contribution >= 0.6 is 0 Å². The van der Waals surface area contributed by atoms with Crippen LogP contribution in [0.3, 0.4) is 0 Å². The molecule has 0 spiro atoms. The lowest BCUT2D eigenvalue weighted by Gasteiger charge is -2.12. The van der Waals surface area contributed by atoms with Crippen molar-refractivity contribution >= 4 is 17.5 Å². The first-order chi connectivity index (χ1) is 6.20. The molecule has 3 N–H and O–H groups in total. The number of nitrogens with one attached hydrogen (secondary N) is 1. The number of hydrogen-bond donors (Lipinski definition) is 3. The number of fused-ring (bicyclic) bond motifs is 1. The summed E-state index contributed by atoms with van der Waals surface area (Å²) in [5.74, 6) is 0. The van der Waals surface area contributed by atoms with Gasteiger partial charge in [0.1, 0.15) is 5.69 Å². The highest BCUT2D eigenvalue weighted by atomic mass is 16.6. The highest BCUT2D eigenvalue weighted by Gasteiger charge is 2.28. The van der Waals surface area contributed by atoms with E-state index in [2.05, 4.69) is 5.53 Å². The summed E-state index contributed by atoms with van der Waals surface area (Å²) in [6, 6.07) is 6.59. The Morgan fingerprint density at radius 3 is 2.54 bits per heavy atom. The molecule has 1 amide bonds. The van der Waals surface area contributed by atoms with Crippen molar-refractivity contribution in [2.75, 3.05) is 10.2 Å². The zero-order chi connectivity index (χ0) is 9.42. The maximum absolute atomic E-state index is 10.6. The smallest absolute Gasteiger partial charge is 0.428 e. The van der Waals surface area contributed by atoms with Gasteiger partial charge in [0.15, 0.2) is 0 Å². The number of benzene rings is 1. The van der Waals surface area contributed by atoms with Crippen LogP contribution in [0.4, 0.5) is 16.2 Å². The van der Waals surface area contributed by atoms with E-state index >= 15 is 0 Å². The molecular formula is C7H7N3O3. The summed E-state index contributed by atoms with van der Waals surface area (Å²) in [7, 11) is 0. The van der Waals surface area contributed by atoms with E-state index in [4.69, 9.17) is 5.11 Å². The molecule has 68 valence electrons. The molecule has 1 aliphatic rings. The monoisotopic (exact) mass is 181 g/mol. The van der Waals surface area contributed by atoms with E-state index in [1.165, 1.54) is 0 Å². The Kier molecular flexibility index (Phi) is 1.57. The highest BCUT2D eigenvalue weighted by molar-refractivity contribution is 5.92. The first kappa shape index (κ1) is 7.84. The van der Waals surface area contributed by atoms with Crippen LogP contribution in [0.2, 0.25) is 0 Å². The fraction of sp³-hybridized carbons (Fsp3) is 0. The third kappa shape index (κ3) is 1.08. The van der Waals surface area contributed by atoms with Crippen molar-refractivity contribution in [3.05, 3.63) is 24.3 Å². The second-order valence-electron chi connectivity index (χ2n) is 2.52. The third-order valence-corrected chi connectivity index (χ3v) is 1.74. The molecule has 0 atom stereocenters. The van der Waals surface area contributed by atoms with Crippen molar-refractivity contribution in [2.24, 2.45) is 0 Å². The number of amides is 1. The van der Waals surface area contributed by atoms with Crippen LogP contribution in [0.5, 0.6) is 0 Å². The van der Waals surface area contributed by atoms with Gasteiger partial charge in [-0.3, -0.25) is 5.21 Å². The van der Waals surface area contributed by atoms with Gasteiger partial charge in [-0.25, -0.2) is 4.79 Å². The molecular weight excluding hydrogens is 174 g/mol. The van der Waals surface area contributed by atoms with E-state index in [-0.39, 0.29) is 0 Å². The Morgan fingerprint density at radius 1 is 1.31 bits per heavy atom. The van der Waals surface area contributed by atoms with Crippen molar-refractivity contribution in [3.63, 3.8) is 0 Å². The minimum absolute atomic E-state index is 0.400. The molecule has 0 saturated heterocycles. The molecule has 6 nitrogen and oxygen atoms in total. The van der Waals surface area contributed by atoms with Gasteiger partial charge in [0.05, 0.1) is 5.69 Å². The third-order valence-electron chi connectivity index (χ3n) is 1.74. The first-order valence-electron chi connectivity index (χ1n) is 3.57. The number of carboxylic acid groups (broad SMARTS) is 1. The standard InChI is InChI=1S/C7H7N3O3/c11-7(12)9-5-3-1-2-4-6(5)10(13)8-9/h1-4,8,13H,(H,11,12). The molecule has 6 heteroatoms. The summed E-state index contributed by atoms with van der Waals surface area (Å²) >= 11 is 0. The van der Waals surface area contributed by atoms with Crippen LogP contribution in [0.1, 0.15) is 0 Å². The number of hydrogen-bond acceptors (Lipinski definition) is 4. The van der Waals surface area contributed by atoms with Gasteiger partial charge in [0, 0.05) is 0 Å². The van der Waals surface area contributed by atoms with Crippen molar-refractivity contribution < 1.29 is 15.1 Å². The molecule has 1 aromatic rings. The SMILES string of the molecule is O=C(O)N1NN(O)c2ccccc21. The molecule has 2 rings (SSSR count). The average Bonchev–Trinajstić information content (AvgIpc) is 2.45. The minimum Gasteiger partial charge on any atom is -0.464 e. The van der Waals surface area contributed by atoms with Crippen molar-refractivity contribution in [1.29, 1.82) is 0 Å². The largest absolute Gasteiger partial charge is 0.464 e. The van der Waals surface area contributed by atoms with Gasteiger partial charge in [-0.1, -0.05) is 12.1 Å². The number of rotatable bonds is 0. The van der Waals surface area contributed by atoms with Crippen LogP contribution in [-0.2, 0) is 0 Å².